The molecule has 0 bridgehead atoms. The Morgan fingerprint density at radius 2 is 1.91 bits per heavy atom. The zero-order chi connectivity index (χ0) is 16.8. The summed E-state index contributed by atoms with van der Waals surface area (Å²) in [6.07, 6.45) is 0. The van der Waals surface area contributed by atoms with Crippen molar-refractivity contribution in [2.45, 2.75) is 24.3 Å². The van der Waals surface area contributed by atoms with Gasteiger partial charge in [-0.1, -0.05) is 11.8 Å². The number of amides is 1. The molecule has 23 heavy (non-hydrogen) atoms. The maximum absolute atomic E-state index is 11.7. The Bertz CT molecular complexity index is 652. The van der Waals surface area contributed by atoms with Crippen molar-refractivity contribution in [3.8, 4) is 23.0 Å². The van der Waals surface area contributed by atoms with E-state index in [2.05, 4.69) is 15.5 Å². The van der Waals surface area contributed by atoms with Crippen LogP contribution < -0.4 is 14.8 Å². The Morgan fingerprint density at radius 3 is 2.48 bits per heavy atom. The Balaban J connectivity index is 2.17. The molecule has 0 spiro atoms. The lowest BCUT2D eigenvalue weighted by Gasteiger charge is -2.07. The van der Waals surface area contributed by atoms with Gasteiger partial charge in [-0.05, 0) is 26.0 Å². The molecule has 0 unspecified atom stereocenters. The van der Waals surface area contributed by atoms with Crippen LogP contribution >= 0.6 is 11.8 Å². The zero-order valence-electron chi connectivity index (χ0n) is 13.5. The molecule has 1 atom stereocenters. The fourth-order valence-corrected chi connectivity index (χ4v) is 2.54. The summed E-state index contributed by atoms with van der Waals surface area (Å²) in [6, 6.07) is 5.31. The number of rotatable bonds is 7. The van der Waals surface area contributed by atoms with Gasteiger partial charge in [0.05, 0.1) is 19.5 Å². The van der Waals surface area contributed by atoms with E-state index in [4.69, 9.17) is 13.9 Å². The summed E-state index contributed by atoms with van der Waals surface area (Å²) in [4.78, 5) is 11.7. The number of benzene rings is 1. The number of carbonyl (C=O) groups excluding carboxylic acids is 1. The van der Waals surface area contributed by atoms with E-state index >= 15 is 0 Å². The van der Waals surface area contributed by atoms with Crippen LogP contribution in [0.25, 0.3) is 11.5 Å². The predicted molar refractivity (Wildman–Crippen MR) is 86.8 cm³/mol. The molecule has 0 aliphatic rings. The summed E-state index contributed by atoms with van der Waals surface area (Å²) in [7, 11) is 3.14. The second-order valence-electron chi connectivity index (χ2n) is 4.63. The Kier molecular flexibility index (Phi) is 5.86. The average Bonchev–Trinajstić information content (AvgIpc) is 3.03. The molecule has 0 aliphatic heterocycles. The molecule has 0 fully saturated rings. The second kappa shape index (κ2) is 7.87. The van der Waals surface area contributed by atoms with Gasteiger partial charge in [0.2, 0.25) is 11.8 Å². The van der Waals surface area contributed by atoms with Crippen LogP contribution in [-0.4, -0.2) is 42.1 Å². The number of hydrogen-bond acceptors (Lipinski definition) is 7. The first-order valence-corrected chi connectivity index (χ1v) is 7.96. The van der Waals surface area contributed by atoms with Crippen molar-refractivity contribution in [2.24, 2.45) is 0 Å². The van der Waals surface area contributed by atoms with E-state index in [1.165, 1.54) is 11.8 Å². The van der Waals surface area contributed by atoms with Gasteiger partial charge in [0.1, 0.15) is 11.5 Å². The molecule has 1 amide bonds. The molecule has 2 rings (SSSR count). The van der Waals surface area contributed by atoms with Crippen molar-refractivity contribution < 1.29 is 18.7 Å². The first-order chi connectivity index (χ1) is 11.1. The van der Waals surface area contributed by atoms with Crippen molar-refractivity contribution in [2.75, 3.05) is 20.8 Å². The smallest absolute Gasteiger partial charge is 0.277 e. The minimum atomic E-state index is -0.317. The molecule has 1 aromatic heterocycles. The lowest BCUT2D eigenvalue weighted by Crippen LogP contribution is -2.30. The molecule has 2 aromatic rings. The SMILES string of the molecule is CCNC(=O)[C@H](C)Sc1nnc(-c2cc(OC)cc(OC)c2)o1. The third-order valence-corrected chi connectivity index (χ3v) is 3.94. The van der Waals surface area contributed by atoms with E-state index in [1.54, 1.807) is 39.3 Å². The van der Waals surface area contributed by atoms with E-state index in [-0.39, 0.29) is 11.2 Å². The summed E-state index contributed by atoms with van der Waals surface area (Å²) >= 11 is 1.21. The van der Waals surface area contributed by atoms with Crippen LogP contribution in [0.2, 0.25) is 0 Å². The number of nitrogens with one attached hydrogen (secondary N) is 1. The molecule has 7 nitrogen and oxygen atoms in total. The molecule has 0 aliphatic carbocycles. The maximum atomic E-state index is 11.7. The van der Waals surface area contributed by atoms with Crippen LogP contribution in [0.3, 0.4) is 0 Å². The summed E-state index contributed by atoms with van der Waals surface area (Å²) in [5.74, 6) is 1.53. The number of thioether (sulfide) groups is 1. The van der Waals surface area contributed by atoms with E-state index < -0.39 is 0 Å². The van der Waals surface area contributed by atoms with Gasteiger partial charge >= 0.3 is 0 Å². The summed E-state index contributed by atoms with van der Waals surface area (Å²) in [5.41, 5.74) is 0.686. The third-order valence-electron chi connectivity index (χ3n) is 3.00. The molecule has 1 aromatic carbocycles. The monoisotopic (exact) mass is 337 g/mol. The molecule has 1 heterocycles. The highest BCUT2D eigenvalue weighted by molar-refractivity contribution is 8.00. The van der Waals surface area contributed by atoms with Gasteiger partial charge in [0.25, 0.3) is 5.22 Å². The zero-order valence-corrected chi connectivity index (χ0v) is 14.3. The van der Waals surface area contributed by atoms with E-state index in [0.29, 0.717) is 34.7 Å². The molecule has 1 N–H and O–H groups in total. The molecule has 8 heteroatoms. The van der Waals surface area contributed by atoms with Crippen molar-refractivity contribution in [1.29, 1.82) is 0 Å². The van der Waals surface area contributed by atoms with Gasteiger partial charge in [-0.2, -0.15) is 0 Å². The fourth-order valence-electron chi connectivity index (χ4n) is 1.83. The molecular formula is C15H19N3O4S. The second-order valence-corrected chi connectivity index (χ2v) is 5.92. The van der Waals surface area contributed by atoms with Crippen molar-refractivity contribution >= 4 is 17.7 Å². The van der Waals surface area contributed by atoms with Gasteiger partial charge in [-0.15, -0.1) is 10.2 Å². The quantitative estimate of drug-likeness (QED) is 0.776. The topological polar surface area (TPSA) is 86.5 Å². The molecule has 0 saturated carbocycles. The van der Waals surface area contributed by atoms with Crippen molar-refractivity contribution in [3.05, 3.63) is 18.2 Å². The Morgan fingerprint density at radius 1 is 1.26 bits per heavy atom. The normalized spacial score (nSPS) is 11.8. The van der Waals surface area contributed by atoms with E-state index in [9.17, 15) is 4.79 Å². The number of ether oxygens (including phenoxy) is 2. The average molecular weight is 337 g/mol. The van der Waals surface area contributed by atoms with Gasteiger partial charge in [0.15, 0.2) is 0 Å². The minimum Gasteiger partial charge on any atom is -0.497 e. The van der Waals surface area contributed by atoms with Crippen molar-refractivity contribution in [1.82, 2.24) is 15.5 Å². The van der Waals surface area contributed by atoms with Gasteiger partial charge < -0.3 is 19.2 Å². The Hall–Kier alpha value is -2.22. The Labute approximate surface area is 138 Å². The summed E-state index contributed by atoms with van der Waals surface area (Å²) < 4.78 is 16.1. The van der Waals surface area contributed by atoms with E-state index in [1.807, 2.05) is 6.92 Å². The highest BCUT2D eigenvalue weighted by Crippen LogP contribution is 2.31. The molecular weight excluding hydrogens is 318 g/mol. The number of aromatic nitrogens is 2. The fraction of sp³-hybridized carbons (Fsp3) is 0.400. The number of methoxy groups -OCH3 is 2. The summed E-state index contributed by atoms with van der Waals surface area (Å²) in [5, 5.41) is 10.8. The van der Waals surface area contributed by atoms with E-state index in [0.717, 1.165) is 0 Å². The molecule has 0 radical (unpaired) electrons. The first kappa shape index (κ1) is 17.1. The molecule has 0 saturated heterocycles. The standard InChI is InChI=1S/C15H19N3O4S/c1-5-16-13(19)9(2)23-15-18-17-14(22-15)10-6-11(20-3)8-12(7-10)21-4/h6-9H,5H2,1-4H3,(H,16,19)/t9-/m0/s1. The van der Waals surface area contributed by atoms with Crippen LogP contribution in [0.5, 0.6) is 11.5 Å². The highest BCUT2D eigenvalue weighted by Gasteiger charge is 2.18. The lowest BCUT2D eigenvalue weighted by molar-refractivity contribution is -0.120. The summed E-state index contributed by atoms with van der Waals surface area (Å²) in [6.45, 7) is 4.24. The van der Waals surface area contributed by atoms with Gasteiger partial charge in [-0.25, -0.2) is 0 Å². The van der Waals surface area contributed by atoms with Crippen LogP contribution in [0, 0.1) is 0 Å². The number of nitrogens with zero attached hydrogens (tertiary/aromatic N) is 2. The van der Waals surface area contributed by atoms with Crippen LogP contribution in [0.15, 0.2) is 27.8 Å². The van der Waals surface area contributed by atoms with Crippen LogP contribution in [-0.2, 0) is 4.79 Å². The first-order valence-electron chi connectivity index (χ1n) is 7.08. The third kappa shape index (κ3) is 4.38. The predicted octanol–water partition coefficient (Wildman–Crippen LogP) is 2.37. The van der Waals surface area contributed by atoms with Gasteiger partial charge in [-0.3, -0.25) is 4.79 Å². The number of carbonyl (C=O) groups is 1. The van der Waals surface area contributed by atoms with Crippen LogP contribution in [0.4, 0.5) is 0 Å². The van der Waals surface area contributed by atoms with Crippen LogP contribution in [0.1, 0.15) is 13.8 Å². The lowest BCUT2D eigenvalue weighted by atomic mass is 10.2. The van der Waals surface area contributed by atoms with Gasteiger partial charge in [0, 0.05) is 18.2 Å². The van der Waals surface area contributed by atoms with Crippen molar-refractivity contribution in [3.63, 3.8) is 0 Å². The maximum Gasteiger partial charge on any atom is 0.277 e. The largest absolute Gasteiger partial charge is 0.497 e. The minimum absolute atomic E-state index is 0.0692. The highest BCUT2D eigenvalue weighted by atomic mass is 32.2. The number of hydrogen-bond donors (Lipinski definition) is 1. The molecule has 124 valence electrons.